The van der Waals surface area contributed by atoms with E-state index in [2.05, 4.69) is 13.8 Å². The van der Waals surface area contributed by atoms with Gasteiger partial charge in [0.1, 0.15) is 0 Å². The Morgan fingerprint density at radius 1 is 1.10 bits per heavy atom. The van der Waals surface area contributed by atoms with Gasteiger partial charge >= 0.3 is 0 Å². The molecule has 6 heteroatoms. The average molecular weight is 428 g/mol. The van der Waals surface area contributed by atoms with Crippen molar-refractivity contribution < 1.29 is 4.79 Å². The van der Waals surface area contributed by atoms with Crippen LogP contribution in [-0.2, 0) is 4.79 Å². The summed E-state index contributed by atoms with van der Waals surface area (Å²) < 4.78 is 1.92. The number of hydrogen-bond acceptors (Lipinski definition) is 4. The number of fused-ring (bicyclic) bond motifs is 1. The third kappa shape index (κ3) is 4.16. The van der Waals surface area contributed by atoms with Gasteiger partial charge in [0.2, 0.25) is 5.91 Å². The quantitative estimate of drug-likeness (QED) is 0.515. The first-order valence-electron chi connectivity index (χ1n) is 11.4. The Morgan fingerprint density at radius 3 is 2.60 bits per heavy atom. The van der Waals surface area contributed by atoms with Crippen LogP contribution in [-0.4, -0.2) is 38.7 Å². The van der Waals surface area contributed by atoms with Gasteiger partial charge in [-0.25, -0.2) is 4.98 Å². The molecule has 1 amide bonds. The largest absolute Gasteiger partial charge is 0.342 e. The van der Waals surface area contributed by atoms with Gasteiger partial charge in [0.15, 0.2) is 5.16 Å². The van der Waals surface area contributed by atoms with E-state index in [1.54, 1.807) is 0 Å². The van der Waals surface area contributed by atoms with E-state index in [0.717, 1.165) is 44.3 Å². The van der Waals surface area contributed by atoms with Gasteiger partial charge in [0.25, 0.3) is 5.56 Å². The van der Waals surface area contributed by atoms with E-state index in [0.29, 0.717) is 22.4 Å². The SMILES string of the molecule is C[C@@H]1[C@H](C)CCC[C@@H]1n1c(S[C@@H](C)C(=O)N2CCCCC2)nc2ccccc2c1=O. The van der Waals surface area contributed by atoms with Crippen molar-refractivity contribution in [2.24, 2.45) is 11.8 Å². The van der Waals surface area contributed by atoms with E-state index in [1.165, 1.54) is 24.6 Å². The molecular formula is C24H33N3O2S. The molecule has 0 bridgehead atoms. The molecule has 1 saturated carbocycles. The number of rotatable bonds is 4. The van der Waals surface area contributed by atoms with Crippen molar-refractivity contribution in [3.8, 4) is 0 Å². The second-order valence-corrected chi connectivity index (χ2v) is 10.4. The fourth-order valence-electron chi connectivity index (χ4n) is 5.00. The maximum atomic E-state index is 13.6. The summed E-state index contributed by atoms with van der Waals surface area (Å²) in [7, 11) is 0. The van der Waals surface area contributed by atoms with Gasteiger partial charge in [-0.2, -0.15) is 0 Å². The molecular weight excluding hydrogens is 394 g/mol. The molecule has 1 aliphatic carbocycles. The summed E-state index contributed by atoms with van der Waals surface area (Å²) in [5, 5.41) is 1.11. The lowest BCUT2D eigenvalue weighted by molar-refractivity contribution is -0.131. The van der Waals surface area contributed by atoms with Gasteiger partial charge in [0, 0.05) is 19.1 Å². The van der Waals surface area contributed by atoms with E-state index in [1.807, 2.05) is 40.7 Å². The number of carbonyl (C=O) groups is 1. The molecule has 0 radical (unpaired) electrons. The predicted molar refractivity (Wildman–Crippen MR) is 123 cm³/mol. The van der Waals surface area contributed by atoms with Crippen LogP contribution in [0.2, 0.25) is 0 Å². The van der Waals surface area contributed by atoms with Gasteiger partial charge in [-0.3, -0.25) is 14.2 Å². The highest BCUT2D eigenvalue weighted by atomic mass is 32.2. The summed E-state index contributed by atoms with van der Waals surface area (Å²) in [6.45, 7) is 8.19. The lowest BCUT2D eigenvalue weighted by Crippen LogP contribution is -2.40. The Labute approximate surface area is 183 Å². The number of benzene rings is 1. The van der Waals surface area contributed by atoms with Crippen LogP contribution in [0, 0.1) is 11.8 Å². The van der Waals surface area contributed by atoms with Gasteiger partial charge in [0.05, 0.1) is 16.2 Å². The fourth-order valence-corrected chi connectivity index (χ4v) is 6.05. The number of amides is 1. The lowest BCUT2D eigenvalue weighted by Gasteiger charge is -2.36. The highest BCUT2D eigenvalue weighted by Gasteiger charge is 2.32. The predicted octanol–water partition coefficient (Wildman–Crippen LogP) is 4.89. The van der Waals surface area contributed by atoms with Crippen molar-refractivity contribution in [3.05, 3.63) is 34.6 Å². The minimum absolute atomic E-state index is 0.0340. The van der Waals surface area contributed by atoms with Crippen LogP contribution in [0.15, 0.2) is 34.2 Å². The molecule has 30 heavy (non-hydrogen) atoms. The second kappa shape index (κ2) is 9.13. The molecule has 5 nitrogen and oxygen atoms in total. The van der Waals surface area contributed by atoms with Gasteiger partial charge < -0.3 is 4.90 Å². The summed E-state index contributed by atoms with van der Waals surface area (Å²) in [4.78, 5) is 33.5. The standard InChI is InChI=1S/C24H33N3O2S/c1-16-10-9-13-21(17(16)2)27-23(29)19-11-5-6-12-20(19)25-24(27)30-18(3)22(28)26-14-7-4-8-15-26/h5-6,11-12,16-18,21H,4,7-10,13-15H2,1-3H3/t16-,17-,18+,21+/m1/s1. The van der Waals surface area contributed by atoms with Crippen LogP contribution in [0.3, 0.4) is 0 Å². The van der Waals surface area contributed by atoms with E-state index < -0.39 is 0 Å². The Hall–Kier alpha value is -1.82. The number of likely N-dealkylation sites (tertiary alicyclic amines) is 1. The highest BCUT2D eigenvalue weighted by Crippen LogP contribution is 2.39. The van der Waals surface area contributed by atoms with Crippen LogP contribution in [0.1, 0.15) is 65.3 Å². The number of carbonyl (C=O) groups excluding carboxylic acids is 1. The van der Waals surface area contributed by atoms with Crippen LogP contribution >= 0.6 is 11.8 Å². The molecule has 4 rings (SSSR count). The number of nitrogens with zero attached hydrogens (tertiary/aromatic N) is 3. The normalized spacial score (nSPS) is 26.0. The van der Waals surface area contributed by atoms with Crippen LogP contribution < -0.4 is 5.56 Å². The Kier molecular flexibility index (Phi) is 6.51. The molecule has 1 aromatic heterocycles. The zero-order valence-corrected chi connectivity index (χ0v) is 19.2. The maximum Gasteiger partial charge on any atom is 0.262 e. The van der Waals surface area contributed by atoms with Gasteiger partial charge in [-0.05, 0) is 56.6 Å². The molecule has 0 N–H and O–H groups in total. The zero-order chi connectivity index (χ0) is 21.3. The van der Waals surface area contributed by atoms with Crippen LogP contribution in [0.5, 0.6) is 0 Å². The molecule has 2 aliphatic rings. The summed E-state index contributed by atoms with van der Waals surface area (Å²) in [6.07, 6.45) is 6.70. The topological polar surface area (TPSA) is 55.2 Å². The summed E-state index contributed by atoms with van der Waals surface area (Å²) in [6, 6.07) is 7.72. The summed E-state index contributed by atoms with van der Waals surface area (Å²) >= 11 is 1.46. The first-order chi connectivity index (χ1) is 14.5. The first kappa shape index (κ1) is 21.4. The zero-order valence-electron chi connectivity index (χ0n) is 18.3. The van der Waals surface area contributed by atoms with Crippen LogP contribution in [0.4, 0.5) is 0 Å². The van der Waals surface area contributed by atoms with Gasteiger partial charge in [-0.15, -0.1) is 0 Å². The number of thioether (sulfide) groups is 1. The summed E-state index contributed by atoms with van der Waals surface area (Å²) in [5.41, 5.74) is 0.752. The van der Waals surface area contributed by atoms with E-state index in [9.17, 15) is 9.59 Å². The third-order valence-electron chi connectivity index (χ3n) is 7.07. The highest BCUT2D eigenvalue weighted by molar-refractivity contribution is 8.00. The van der Waals surface area contributed by atoms with Crippen molar-refractivity contribution in [2.75, 3.05) is 13.1 Å². The third-order valence-corrected chi connectivity index (χ3v) is 8.12. The lowest BCUT2D eigenvalue weighted by atomic mass is 9.78. The molecule has 2 heterocycles. The minimum atomic E-state index is -0.251. The maximum absolute atomic E-state index is 13.6. The number of aromatic nitrogens is 2. The van der Waals surface area contributed by atoms with Crippen LogP contribution in [0.25, 0.3) is 10.9 Å². The monoisotopic (exact) mass is 427 g/mol. The molecule has 1 aromatic carbocycles. The Balaban J connectivity index is 1.72. The van der Waals surface area contributed by atoms with E-state index in [4.69, 9.17) is 4.98 Å². The molecule has 4 atom stereocenters. The van der Waals surface area contributed by atoms with Crippen molar-refractivity contribution in [2.45, 2.75) is 75.7 Å². The Morgan fingerprint density at radius 2 is 1.83 bits per heavy atom. The molecule has 2 aromatic rings. The minimum Gasteiger partial charge on any atom is -0.342 e. The molecule has 1 aliphatic heterocycles. The first-order valence-corrected chi connectivity index (χ1v) is 12.3. The summed E-state index contributed by atoms with van der Waals surface area (Å²) in [5.74, 6) is 1.15. The molecule has 0 spiro atoms. The van der Waals surface area contributed by atoms with Crippen molar-refractivity contribution >= 4 is 28.6 Å². The second-order valence-electron chi connectivity index (χ2n) is 9.07. The number of piperidine rings is 1. The molecule has 1 saturated heterocycles. The van der Waals surface area contributed by atoms with Crippen molar-refractivity contribution in [3.63, 3.8) is 0 Å². The van der Waals surface area contributed by atoms with E-state index in [-0.39, 0.29) is 22.8 Å². The average Bonchev–Trinajstić information content (AvgIpc) is 2.76. The Bertz CT molecular complexity index is 967. The number of para-hydroxylation sites is 1. The molecule has 0 unspecified atom stereocenters. The van der Waals surface area contributed by atoms with E-state index >= 15 is 0 Å². The number of hydrogen-bond donors (Lipinski definition) is 0. The van der Waals surface area contributed by atoms with Crippen molar-refractivity contribution in [1.29, 1.82) is 0 Å². The smallest absolute Gasteiger partial charge is 0.262 e. The molecule has 2 fully saturated rings. The molecule has 162 valence electrons. The van der Waals surface area contributed by atoms with Gasteiger partial charge in [-0.1, -0.05) is 50.6 Å². The van der Waals surface area contributed by atoms with Crippen molar-refractivity contribution in [1.82, 2.24) is 14.5 Å². The fraction of sp³-hybridized carbons (Fsp3) is 0.625.